The zero-order valence-corrected chi connectivity index (χ0v) is 17.2. The molecule has 0 aliphatic heterocycles. The van der Waals surface area contributed by atoms with Gasteiger partial charge in [-0.2, -0.15) is 4.99 Å². The van der Waals surface area contributed by atoms with Gasteiger partial charge in [-0.15, -0.1) is 0 Å². The van der Waals surface area contributed by atoms with E-state index in [2.05, 4.69) is 60.4 Å². The fraction of sp³-hybridized carbons (Fsp3) is 0.889. The van der Waals surface area contributed by atoms with Crippen molar-refractivity contribution in [2.24, 2.45) is 10.4 Å². The van der Waals surface area contributed by atoms with Gasteiger partial charge >= 0.3 is 0 Å². The molecule has 0 aromatic carbocycles. The minimum Gasteiger partial charge on any atom is -0.416 e. The molecule has 0 N–H and O–H groups in total. The van der Waals surface area contributed by atoms with Crippen molar-refractivity contribution < 1.29 is 14.0 Å². The molecule has 4 nitrogen and oxygen atoms in total. The fourth-order valence-electron chi connectivity index (χ4n) is 3.86. The summed E-state index contributed by atoms with van der Waals surface area (Å²) in [7, 11) is -1.85. The Hall–Kier alpha value is -0.773. The van der Waals surface area contributed by atoms with Gasteiger partial charge in [-0.25, -0.2) is 4.79 Å². The van der Waals surface area contributed by atoms with Gasteiger partial charge in [0.25, 0.3) is 0 Å². The van der Waals surface area contributed by atoms with E-state index in [-0.39, 0.29) is 5.41 Å². The zero-order valence-electron chi connectivity index (χ0n) is 16.2. The number of hydrogen-bond donors (Lipinski definition) is 0. The van der Waals surface area contributed by atoms with Crippen LogP contribution in [0.3, 0.4) is 0 Å². The van der Waals surface area contributed by atoms with Crippen LogP contribution in [0, 0.1) is 5.41 Å². The van der Waals surface area contributed by atoms with Crippen LogP contribution < -0.4 is 0 Å². The van der Waals surface area contributed by atoms with Gasteiger partial charge in [0, 0.05) is 6.61 Å². The van der Waals surface area contributed by atoms with E-state index in [1.54, 1.807) is 0 Å². The second-order valence-corrected chi connectivity index (χ2v) is 13.7. The first-order valence-corrected chi connectivity index (χ1v) is 10.8. The number of aldehydes is 1. The number of hydrogen-bond acceptors (Lipinski definition) is 4. The fourth-order valence-corrected chi connectivity index (χ4v) is 9.32. The van der Waals surface area contributed by atoms with Crippen molar-refractivity contribution >= 4 is 20.7 Å². The van der Waals surface area contributed by atoms with Gasteiger partial charge in [-0.3, -0.25) is 0 Å². The molecule has 0 aromatic rings. The summed E-state index contributed by atoms with van der Waals surface area (Å²) in [5.41, 5.74) is 1.59. The van der Waals surface area contributed by atoms with E-state index in [0.29, 0.717) is 29.7 Å². The summed E-state index contributed by atoms with van der Waals surface area (Å²) in [5, 5.41) is 0. The van der Waals surface area contributed by atoms with E-state index in [1.165, 1.54) is 6.08 Å². The minimum atomic E-state index is -1.85. The molecule has 0 fully saturated rings. The first-order valence-electron chi connectivity index (χ1n) is 8.69. The molecule has 0 spiro atoms. The van der Waals surface area contributed by atoms with Crippen LogP contribution in [0.4, 0.5) is 0 Å². The topological polar surface area (TPSA) is 55.7 Å². The molecular formula is C18H35NO3Si. The smallest absolute Gasteiger partial charge is 0.235 e. The lowest BCUT2D eigenvalue weighted by Crippen LogP contribution is -2.48. The number of rotatable bonds is 11. The van der Waals surface area contributed by atoms with E-state index >= 15 is 0 Å². The lowest BCUT2D eigenvalue weighted by Gasteiger charge is -2.43. The van der Waals surface area contributed by atoms with E-state index in [4.69, 9.17) is 4.43 Å². The van der Waals surface area contributed by atoms with Gasteiger partial charge in [-0.1, -0.05) is 55.4 Å². The van der Waals surface area contributed by atoms with Crippen molar-refractivity contribution in [1.82, 2.24) is 0 Å². The summed E-state index contributed by atoms with van der Waals surface area (Å²) in [5.74, 6) is 0. The van der Waals surface area contributed by atoms with Gasteiger partial charge in [0.1, 0.15) is 12.3 Å². The molecule has 1 atom stereocenters. The highest BCUT2D eigenvalue weighted by Crippen LogP contribution is 2.42. The van der Waals surface area contributed by atoms with E-state index in [9.17, 15) is 9.59 Å². The van der Waals surface area contributed by atoms with Crippen molar-refractivity contribution in [1.29, 1.82) is 0 Å². The van der Waals surface area contributed by atoms with Crippen LogP contribution in [0.5, 0.6) is 0 Å². The Labute approximate surface area is 143 Å². The standard InChI is InChI=1S/C18H35NO3Si/c1-14(2)23(15(3)4,16(5)6)22-10-9-18(7,8)11-17(12-20)19-13-21/h12,14-17H,9-11H2,1-8H3. The zero-order chi connectivity index (χ0) is 18.3. The van der Waals surface area contributed by atoms with Crippen molar-refractivity contribution in [3.63, 3.8) is 0 Å². The molecule has 5 heteroatoms. The third kappa shape index (κ3) is 6.32. The lowest BCUT2D eigenvalue weighted by molar-refractivity contribution is -0.109. The predicted molar refractivity (Wildman–Crippen MR) is 98.0 cm³/mol. The van der Waals surface area contributed by atoms with E-state index < -0.39 is 14.4 Å². The maximum Gasteiger partial charge on any atom is 0.235 e. The average molecular weight is 342 g/mol. The van der Waals surface area contributed by atoms with Crippen LogP contribution in [0.2, 0.25) is 16.6 Å². The molecule has 0 saturated heterocycles. The Kier molecular flexibility index (Phi) is 9.19. The Morgan fingerprint density at radius 1 is 1.09 bits per heavy atom. The molecule has 0 rings (SSSR count). The highest BCUT2D eigenvalue weighted by atomic mass is 28.4. The maximum atomic E-state index is 11.0. The molecule has 0 radical (unpaired) electrons. The summed E-state index contributed by atoms with van der Waals surface area (Å²) < 4.78 is 6.57. The predicted octanol–water partition coefficient (Wildman–Crippen LogP) is 4.89. The normalized spacial score (nSPS) is 14.2. The Bertz CT molecular complexity index is 391. The minimum absolute atomic E-state index is 0.100. The quantitative estimate of drug-likeness (QED) is 0.233. The number of nitrogens with zero attached hydrogens (tertiary/aromatic N) is 1. The summed E-state index contributed by atoms with van der Waals surface area (Å²) in [6.07, 6.45) is 3.61. The highest BCUT2D eigenvalue weighted by Gasteiger charge is 2.45. The highest BCUT2D eigenvalue weighted by molar-refractivity contribution is 6.77. The first-order chi connectivity index (χ1) is 10.5. The molecule has 0 bridgehead atoms. The molecule has 134 valence electrons. The van der Waals surface area contributed by atoms with Gasteiger partial charge < -0.3 is 9.22 Å². The second-order valence-electron chi connectivity index (χ2n) is 8.21. The van der Waals surface area contributed by atoms with Crippen LogP contribution in [-0.4, -0.2) is 33.3 Å². The number of isocyanates is 1. The van der Waals surface area contributed by atoms with Crippen molar-refractivity contribution in [2.75, 3.05) is 6.61 Å². The van der Waals surface area contributed by atoms with Crippen LogP contribution in [0.15, 0.2) is 4.99 Å². The van der Waals surface area contributed by atoms with Gasteiger partial charge in [0.05, 0.1) is 0 Å². The van der Waals surface area contributed by atoms with Gasteiger partial charge in [0.15, 0.2) is 8.32 Å². The van der Waals surface area contributed by atoms with E-state index in [1.807, 2.05) is 0 Å². The molecule has 0 aromatic heterocycles. The van der Waals surface area contributed by atoms with Gasteiger partial charge in [0.2, 0.25) is 6.08 Å². The first kappa shape index (κ1) is 22.2. The van der Waals surface area contributed by atoms with Crippen LogP contribution >= 0.6 is 0 Å². The summed E-state index contributed by atoms with van der Waals surface area (Å²) >= 11 is 0. The molecule has 0 aliphatic carbocycles. The molecule has 0 heterocycles. The molecule has 0 saturated carbocycles. The summed E-state index contributed by atoms with van der Waals surface area (Å²) in [4.78, 5) is 24.9. The largest absolute Gasteiger partial charge is 0.416 e. The van der Waals surface area contributed by atoms with E-state index in [0.717, 1.165) is 12.7 Å². The Morgan fingerprint density at radius 3 is 1.91 bits per heavy atom. The average Bonchev–Trinajstić information content (AvgIpc) is 2.41. The summed E-state index contributed by atoms with van der Waals surface area (Å²) in [6, 6.07) is -0.593. The third-order valence-corrected chi connectivity index (χ3v) is 11.1. The third-order valence-electron chi connectivity index (χ3n) is 4.98. The number of carbonyl (C=O) groups is 1. The summed E-state index contributed by atoms with van der Waals surface area (Å²) in [6.45, 7) is 18.5. The van der Waals surface area contributed by atoms with Crippen molar-refractivity contribution in [2.45, 2.75) is 90.9 Å². The SMILES string of the molecule is CC(C)[Si](OCCC(C)(C)CC(C=O)N=C=O)(C(C)C)C(C)C. The number of aliphatic imine (C=N–C) groups is 1. The van der Waals surface area contributed by atoms with Crippen LogP contribution in [-0.2, 0) is 14.0 Å². The number of carbonyl (C=O) groups excluding carboxylic acids is 2. The van der Waals surface area contributed by atoms with Gasteiger partial charge in [-0.05, 0) is 34.9 Å². The molecule has 0 aliphatic rings. The van der Waals surface area contributed by atoms with Crippen LogP contribution in [0.1, 0.15) is 68.2 Å². The monoisotopic (exact) mass is 341 g/mol. The van der Waals surface area contributed by atoms with Crippen molar-refractivity contribution in [3.8, 4) is 0 Å². The maximum absolute atomic E-state index is 11.0. The second kappa shape index (κ2) is 9.51. The molecule has 0 amide bonds. The Balaban J connectivity index is 4.88. The molecule has 1 unspecified atom stereocenters. The molecular weight excluding hydrogens is 306 g/mol. The van der Waals surface area contributed by atoms with Crippen LogP contribution in [0.25, 0.3) is 0 Å². The molecule has 23 heavy (non-hydrogen) atoms. The lowest BCUT2D eigenvalue weighted by atomic mass is 9.83. The van der Waals surface area contributed by atoms with Crippen molar-refractivity contribution in [3.05, 3.63) is 0 Å². The Morgan fingerprint density at radius 2 is 1.57 bits per heavy atom.